The van der Waals surface area contributed by atoms with Gasteiger partial charge in [0.1, 0.15) is 0 Å². The van der Waals surface area contributed by atoms with Gasteiger partial charge in [0.2, 0.25) is 0 Å². The lowest BCUT2D eigenvalue weighted by molar-refractivity contribution is -0.139. The highest BCUT2D eigenvalue weighted by Gasteiger charge is 2.57. The molecule has 12 nitrogen and oxygen atoms in total. The first-order chi connectivity index (χ1) is 26.0. The normalized spacial score (nSPS) is 37.6. The number of amides is 4. The van der Waals surface area contributed by atoms with Crippen LogP contribution in [-0.4, -0.2) is 55.7 Å². The molecule has 4 heterocycles. The average Bonchev–Trinajstić information content (AvgIpc) is 4.03. The van der Waals surface area contributed by atoms with Crippen molar-refractivity contribution in [2.45, 2.75) is 64.5 Å². The highest BCUT2D eigenvalue weighted by Crippen LogP contribution is 2.63. The Kier molecular flexibility index (Phi) is 6.89. The van der Waals surface area contributed by atoms with Gasteiger partial charge in [0.05, 0.1) is 21.5 Å². The second kappa shape index (κ2) is 11.4. The molecule has 278 valence electrons. The molecule has 8 aliphatic rings. The van der Waals surface area contributed by atoms with Crippen molar-refractivity contribution in [2.24, 2.45) is 71.0 Å². The lowest BCUT2D eigenvalue weighted by atomic mass is 9.75. The third-order valence-corrected chi connectivity index (χ3v) is 16.0. The van der Waals surface area contributed by atoms with Crippen molar-refractivity contribution in [1.82, 2.24) is 18.9 Å². The zero-order valence-electron chi connectivity index (χ0n) is 29.9. The van der Waals surface area contributed by atoms with Gasteiger partial charge < -0.3 is 0 Å². The zero-order valence-corrected chi connectivity index (χ0v) is 29.9. The molecular weight excluding hydrogens is 688 g/mol. The lowest BCUT2D eigenvalue weighted by Gasteiger charge is -2.33. The number of hydrogen-bond acceptors (Lipinski definition) is 8. The SMILES string of the molecule is O=C1C=CC(=O)N1CC1CC2C3CC(Cn4c(=O)c5cc6c(=O)n(CC7CC8C9CC(CN%10C(=O)C=CC%10=O)C(C9)C8C7)c(=O)c6cc5c4=O)C(C3)C2C1. The van der Waals surface area contributed by atoms with Gasteiger partial charge in [0.15, 0.2) is 0 Å². The van der Waals surface area contributed by atoms with Gasteiger partial charge in [-0.3, -0.25) is 57.3 Å². The van der Waals surface area contributed by atoms with E-state index >= 15 is 0 Å². The highest BCUT2D eigenvalue weighted by atomic mass is 16.2. The van der Waals surface area contributed by atoms with E-state index in [0.29, 0.717) is 79.4 Å². The molecule has 2 aliphatic heterocycles. The molecule has 54 heavy (non-hydrogen) atoms. The predicted octanol–water partition coefficient (Wildman–Crippen LogP) is 2.36. The van der Waals surface area contributed by atoms with E-state index in [4.69, 9.17) is 0 Å². The molecule has 0 N–H and O–H groups in total. The van der Waals surface area contributed by atoms with E-state index < -0.39 is 22.2 Å². The molecule has 2 aromatic heterocycles. The van der Waals surface area contributed by atoms with Crippen LogP contribution in [0.1, 0.15) is 51.4 Å². The van der Waals surface area contributed by atoms with E-state index in [9.17, 15) is 38.4 Å². The van der Waals surface area contributed by atoms with Crippen LogP contribution in [0.2, 0.25) is 0 Å². The summed E-state index contributed by atoms with van der Waals surface area (Å²) in [5.41, 5.74) is -1.62. The smallest absolute Gasteiger partial charge is 0.261 e. The molecule has 12 unspecified atom stereocenters. The first-order valence-electron chi connectivity index (χ1n) is 20.0. The fraction of sp³-hybridized carbons (Fsp3) is 0.571. The van der Waals surface area contributed by atoms with Crippen molar-refractivity contribution in [3.8, 4) is 0 Å². The Morgan fingerprint density at radius 3 is 1.22 bits per heavy atom. The zero-order chi connectivity index (χ0) is 36.9. The van der Waals surface area contributed by atoms with Gasteiger partial charge in [-0.1, -0.05) is 0 Å². The van der Waals surface area contributed by atoms with Gasteiger partial charge >= 0.3 is 0 Å². The van der Waals surface area contributed by atoms with Crippen molar-refractivity contribution in [2.75, 3.05) is 13.1 Å². The minimum Gasteiger partial charge on any atom is -0.275 e. The van der Waals surface area contributed by atoms with Crippen LogP contribution in [0.5, 0.6) is 0 Å². The Bertz CT molecular complexity index is 2390. The second-order valence-electron chi connectivity index (χ2n) is 18.3. The summed E-state index contributed by atoms with van der Waals surface area (Å²) in [6, 6.07) is 2.95. The summed E-state index contributed by atoms with van der Waals surface area (Å²) < 4.78 is 2.65. The van der Waals surface area contributed by atoms with Gasteiger partial charge in [0, 0.05) is 50.5 Å². The van der Waals surface area contributed by atoms with Crippen LogP contribution >= 0.6 is 0 Å². The summed E-state index contributed by atoms with van der Waals surface area (Å²) in [6.07, 6.45) is 13.3. The van der Waals surface area contributed by atoms with Crippen molar-refractivity contribution in [3.63, 3.8) is 0 Å². The first-order valence-corrected chi connectivity index (χ1v) is 20.0. The van der Waals surface area contributed by atoms with Gasteiger partial charge in [-0.05, 0) is 135 Å². The molecule has 3 aromatic rings. The molecule has 6 fully saturated rings. The fourth-order valence-corrected chi connectivity index (χ4v) is 14.0. The van der Waals surface area contributed by atoms with Gasteiger partial charge in [-0.15, -0.1) is 0 Å². The van der Waals surface area contributed by atoms with Crippen LogP contribution in [0.3, 0.4) is 0 Å². The predicted molar refractivity (Wildman–Crippen MR) is 195 cm³/mol. The van der Waals surface area contributed by atoms with Crippen LogP contribution in [0.4, 0.5) is 0 Å². The molecule has 0 radical (unpaired) electrons. The maximum Gasteiger partial charge on any atom is 0.261 e. The maximum atomic E-state index is 13.8. The molecule has 1 aromatic carbocycles. The molecule has 6 aliphatic carbocycles. The Balaban J connectivity index is 0.795. The topological polar surface area (TPSA) is 153 Å². The summed E-state index contributed by atoms with van der Waals surface area (Å²) in [4.78, 5) is 107. The number of nitrogens with zero attached hydrogens (tertiary/aromatic N) is 4. The Labute approximate surface area is 309 Å². The number of fused-ring (bicyclic) bond motifs is 12. The maximum absolute atomic E-state index is 13.8. The number of hydrogen-bond donors (Lipinski definition) is 0. The largest absolute Gasteiger partial charge is 0.275 e. The van der Waals surface area contributed by atoms with Crippen LogP contribution in [-0.2, 0) is 32.3 Å². The van der Waals surface area contributed by atoms with Crippen LogP contribution < -0.4 is 22.2 Å². The molecule has 4 bridgehead atoms. The fourth-order valence-electron chi connectivity index (χ4n) is 14.0. The van der Waals surface area contributed by atoms with Gasteiger partial charge in [-0.25, -0.2) is 0 Å². The van der Waals surface area contributed by atoms with E-state index in [-0.39, 0.29) is 62.9 Å². The molecule has 0 saturated heterocycles. The number of benzene rings is 1. The average molecular weight is 731 g/mol. The lowest BCUT2D eigenvalue weighted by Crippen LogP contribution is -2.38. The molecule has 11 rings (SSSR count). The first kappa shape index (κ1) is 32.7. The van der Waals surface area contributed by atoms with Crippen molar-refractivity contribution < 1.29 is 19.2 Å². The minimum atomic E-state index is -0.406. The molecule has 6 saturated carbocycles. The second-order valence-corrected chi connectivity index (χ2v) is 18.3. The van der Waals surface area contributed by atoms with Gasteiger partial charge in [-0.2, -0.15) is 0 Å². The molecule has 4 amide bonds. The quantitative estimate of drug-likeness (QED) is 0.321. The Morgan fingerprint density at radius 2 is 0.759 bits per heavy atom. The monoisotopic (exact) mass is 730 g/mol. The van der Waals surface area contributed by atoms with Crippen LogP contribution in [0, 0.1) is 71.0 Å². The van der Waals surface area contributed by atoms with Gasteiger partial charge in [0.25, 0.3) is 45.9 Å². The summed E-state index contributed by atoms with van der Waals surface area (Å²) in [7, 11) is 0. The Hall–Kier alpha value is -4.74. The molecular formula is C42H42N4O8. The van der Waals surface area contributed by atoms with E-state index in [2.05, 4.69) is 0 Å². The van der Waals surface area contributed by atoms with Crippen molar-refractivity contribution >= 4 is 45.2 Å². The van der Waals surface area contributed by atoms with Crippen LogP contribution in [0.15, 0.2) is 55.6 Å². The standard InChI is InChI=1S/C42H42N4O8/c47-35-1-2-36(48)43(35)15-19-5-25-22-10-24(28(12-22)29(25)7-19)18-46-41(53)33-13-31-32(14-34(33)42(46)54)40(52)45(39(31)51)16-20-6-26-21-9-23(27(11-21)30(26)8-20)17-44-37(49)3-4-38(44)50/h1-4,13-14,19-30H,5-12,15-18H2. The third-order valence-electron chi connectivity index (χ3n) is 16.0. The number of carbonyl (C=O) groups excluding carboxylic acids is 4. The number of aromatic nitrogens is 2. The van der Waals surface area contributed by atoms with Crippen LogP contribution in [0.25, 0.3) is 21.5 Å². The number of carbonyl (C=O) groups is 4. The molecule has 12 atom stereocenters. The van der Waals surface area contributed by atoms with E-state index in [0.717, 1.165) is 51.4 Å². The van der Waals surface area contributed by atoms with Crippen molar-refractivity contribution in [3.05, 3.63) is 77.9 Å². The molecule has 12 heteroatoms. The number of imide groups is 2. The minimum absolute atomic E-state index is 0.160. The summed E-state index contributed by atoms with van der Waals surface area (Å²) >= 11 is 0. The summed E-state index contributed by atoms with van der Waals surface area (Å²) in [5, 5.41) is 0.776. The van der Waals surface area contributed by atoms with E-state index in [1.165, 1.54) is 55.4 Å². The number of rotatable bonds is 8. The van der Waals surface area contributed by atoms with E-state index in [1.807, 2.05) is 0 Å². The summed E-state index contributed by atoms with van der Waals surface area (Å²) in [6.45, 7) is 1.55. The summed E-state index contributed by atoms with van der Waals surface area (Å²) in [5.74, 6) is 3.80. The van der Waals surface area contributed by atoms with E-state index in [1.54, 1.807) is 0 Å². The molecule has 0 spiro atoms. The third kappa shape index (κ3) is 4.54. The Morgan fingerprint density at radius 1 is 0.389 bits per heavy atom. The van der Waals surface area contributed by atoms with Crippen molar-refractivity contribution in [1.29, 1.82) is 0 Å². The highest BCUT2D eigenvalue weighted by molar-refractivity contribution is 6.13.